The molecule has 0 radical (unpaired) electrons. The quantitative estimate of drug-likeness (QED) is 0.207. The van der Waals surface area contributed by atoms with E-state index in [1.807, 2.05) is 0 Å². The molecule has 7 aromatic rings. The second-order valence-electron chi connectivity index (χ2n) is 10.1. The molecule has 5 aromatic carbocycles. The zero-order valence-electron chi connectivity index (χ0n) is 19.2. The zero-order valence-corrected chi connectivity index (χ0v) is 19.2. The Bertz CT molecular complexity index is 2050. The summed E-state index contributed by atoms with van der Waals surface area (Å²) in [4.78, 5) is 0. The highest BCUT2D eigenvalue weighted by atomic mass is 14.9. The van der Waals surface area contributed by atoms with E-state index in [4.69, 9.17) is 0 Å². The van der Waals surface area contributed by atoms with Crippen LogP contribution in [0.15, 0.2) is 103 Å². The summed E-state index contributed by atoms with van der Waals surface area (Å²) < 4.78 is 2.48. The first-order valence-corrected chi connectivity index (χ1v) is 12.5. The molecule has 2 aromatic heterocycles. The molecule has 2 aliphatic carbocycles. The van der Waals surface area contributed by atoms with E-state index in [0.29, 0.717) is 0 Å². The molecule has 0 unspecified atom stereocenters. The number of fused-ring (bicyclic) bond motifs is 16. The molecular formula is C34H21N. The van der Waals surface area contributed by atoms with Crippen LogP contribution in [0.4, 0.5) is 0 Å². The number of benzene rings is 5. The van der Waals surface area contributed by atoms with Gasteiger partial charge >= 0.3 is 0 Å². The maximum Gasteiger partial charge on any atom is 0.0619 e. The molecule has 162 valence electrons. The van der Waals surface area contributed by atoms with Gasteiger partial charge in [0.25, 0.3) is 0 Å². The van der Waals surface area contributed by atoms with Crippen molar-refractivity contribution in [3.05, 3.63) is 126 Å². The molecule has 2 aliphatic rings. The predicted molar refractivity (Wildman–Crippen MR) is 146 cm³/mol. The number of hydrogen-bond acceptors (Lipinski definition) is 0. The molecule has 0 saturated carbocycles. The van der Waals surface area contributed by atoms with E-state index >= 15 is 0 Å². The normalized spacial score (nSPS) is 13.5. The number of aromatic nitrogens is 1. The molecule has 0 saturated heterocycles. The summed E-state index contributed by atoms with van der Waals surface area (Å²) in [5.41, 5.74) is 14.1. The van der Waals surface area contributed by atoms with Gasteiger partial charge < -0.3 is 4.40 Å². The van der Waals surface area contributed by atoms with E-state index in [1.54, 1.807) is 0 Å². The first kappa shape index (κ1) is 18.0. The third-order valence-electron chi connectivity index (χ3n) is 8.42. The van der Waals surface area contributed by atoms with Crippen LogP contribution < -0.4 is 0 Å². The van der Waals surface area contributed by atoms with E-state index in [0.717, 1.165) is 12.8 Å². The fourth-order valence-corrected chi connectivity index (χ4v) is 6.98. The van der Waals surface area contributed by atoms with E-state index in [2.05, 4.69) is 108 Å². The van der Waals surface area contributed by atoms with Gasteiger partial charge in [0.2, 0.25) is 0 Å². The van der Waals surface area contributed by atoms with Crippen LogP contribution in [0.2, 0.25) is 0 Å². The molecule has 0 aliphatic heterocycles. The zero-order chi connectivity index (χ0) is 22.7. The maximum atomic E-state index is 2.48. The van der Waals surface area contributed by atoms with Gasteiger partial charge in [-0.1, -0.05) is 91.0 Å². The summed E-state index contributed by atoms with van der Waals surface area (Å²) in [6, 6.07) is 36.3. The van der Waals surface area contributed by atoms with Crippen molar-refractivity contribution in [2.75, 3.05) is 0 Å². The van der Waals surface area contributed by atoms with Crippen LogP contribution in [-0.2, 0) is 12.8 Å². The van der Waals surface area contributed by atoms with Gasteiger partial charge in [-0.25, -0.2) is 0 Å². The van der Waals surface area contributed by atoms with Crippen LogP contribution in [0.3, 0.4) is 0 Å². The standard InChI is InChI=1S/C34H21N/c1-4-10-24-21(8-1)18-29-27(24)15-16-30-32(29)28-14-13-22-17-20-7-2-5-11-25(20)31(22)33(28)34-26-12-6-3-9-23(26)19-35(30)34/h1-16,19H,17-18H2. The van der Waals surface area contributed by atoms with Gasteiger partial charge in [0.15, 0.2) is 0 Å². The van der Waals surface area contributed by atoms with Crippen LogP contribution in [0, 0.1) is 0 Å². The fraction of sp³-hybridized carbons (Fsp3) is 0.0588. The lowest BCUT2D eigenvalue weighted by Gasteiger charge is -2.16. The highest BCUT2D eigenvalue weighted by molar-refractivity contribution is 6.26. The third kappa shape index (κ3) is 2.15. The van der Waals surface area contributed by atoms with Gasteiger partial charge in [-0.05, 0) is 68.8 Å². The van der Waals surface area contributed by atoms with Gasteiger partial charge in [0, 0.05) is 27.7 Å². The van der Waals surface area contributed by atoms with E-state index in [1.165, 1.54) is 82.5 Å². The Hall–Kier alpha value is -4.36. The molecule has 0 spiro atoms. The highest BCUT2D eigenvalue weighted by Crippen LogP contribution is 2.49. The summed E-state index contributed by atoms with van der Waals surface area (Å²) in [6.07, 6.45) is 4.36. The Labute approximate surface area is 202 Å². The van der Waals surface area contributed by atoms with Crippen molar-refractivity contribution in [3.8, 4) is 22.3 Å². The Morgan fingerprint density at radius 3 is 2.20 bits per heavy atom. The van der Waals surface area contributed by atoms with Crippen molar-refractivity contribution < 1.29 is 0 Å². The average molecular weight is 444 g/mol. The van der Waals surface area contributed by atoms with Gasteiger partial charge in [0.05, 0.1) is 11.0 Å². The van der Waals surface area contributed by atoms with Crippen LogP contribution in [0.25, 0.3) is 60.2 Å². The SMILES string of the molecule is c1ccc2c(c1)Cc1c-2ccc2c1c1ccc3c(c1c1c4ccccc4cn21)-c1ccccc1C3. The minimum atomic E-state index is 0.998. The second kappa shape index (κ2) is 6.20. The number of rotatable bonds is 0. The molecule has 9 rings (SSSR count). The first-order chi connectivity index (χ1) is 17.4. The van der Waals surface area contributed by atoms with Crippen LogP contribution in [0.1, 0.15) is 22.3 Å². The summed E-state index contributed by atoms with van der Waals surface area (Å²) in [5, 5.41) is 6.84. The second-order valence-corrected chi connectivity index (χ2v) is 10.1. The lowest BCUT2D eigenvalue weighted by Crippen LogP contribution is -1.96. The molecule has 0 amide bonds. The van der Waals surface area contributed by atoms with Crippen LogP contribution in [-0.4, -0.2) is 4.40 Å². The van der Waals surface area contributed by atoms with Crippen molar-refractivity contribution in [3.63, 3.8) is 0 Å². The Morgan fingerprint density at radius 1 is 0.514 bits per heavy atom. The first-order valence-electron chi connectivity index (χ1n) is 12.5. The summed E-state index contributed by atoms with van der Waals surface area (Å²) in [5.74, 6) is 0. The Balaban J connectivity index is 1.57. The molecule has 35 heavy (non-hydrogen) atoms. The molecule has 1 nitrogen and oxygen atoms in total. The minimum absolute atomic E-state index is 0.998. The minimum Gasteiger partial charge on any atom is -0.315 e. The van der Waals surface area contributed by atoms with Crippen molar-refractivity contribution in [1.29, 1.82) is 0 Å². The molecule has 1 heteroatoms. The number of pyridine rings is 1. The largest absolute Gasteiger partial charge is 0.315 e. The molecule has 0 atom stereocenters. The average Bonchev–Trinajstić information content (AvgIpc) is 3.59. The summed E-state index contributed by atoms with van der Waals surface area (Å²) in [6.45, 7) is 0. The van der Waals surface area contributed by atoms with Gasteiger partial charge in [-0.3, -0.25) is 0 Å². The van der Waals surface area contributed by atoms with E-state index in [9.17, 15) is 0 Å². The molecular weight excluding hydrogens is 422 g/mol. The van der Waals surface area contributed by atoms with Gasteiger partial charge in [-0.2, -0.15) is 0 Å². The number of nitrogens with zero attached hydrogens (tertiary/aromatic N) is 1. The van der Waals surface area contributed by atoms with Crippen molar-refractivity contribution in [2.24, 2.45) is 0 Å². The van der Waals surface area contributed by atoms with Gasteiger partial charge in [-0.15, -0.1) is 0 Å². The Kier molecular flexibility index (Phi) is 3.19. The number of hydrogen-bond donors (Lipinski definition) is 0. The highest BCUT2D eigenvalue weighted by Gasteiger charge is 2.27. The fourth-order valence-electron chi connectivity index (χ4n) is 6.98. The Morgan fingerprint density at radius 2 is 1.29 bits per heavy atom. The lowest BCUT2D eigenvalue weighted by molar-refractivity contribution is 1.25. The van der Waals surface area contributed by atoms with Gasteiger partial charge in [0.1, 0.15) is 0 Å². The molecule has 0 fully saturated rings. The monoisotopic (exact) mass is 443 g/mol. The smallest absolute Gasteiger partial charge is 0.0619 e. The van der Waals surface area contributed by atoms with E-state index < -0.39 is 0 Å². The molecule has 0 bridgehead atoms. The molecule has 0 N–H and O–H groups in total. The summed E-state index contributed by atoms with van der Waals surface area (Å²) in [7, 11) is 0. The molecule has 2 heterocycles. The maximum absolute atomic E-state index is 2.48. The van der Waals surface area contributed by atoms with Crippen LogP contribution >= 0.6 is 0 Å². The van der Waals surface area contributed by atoms with Crippen molar-refractivity contribution in [1.82, 2.24) is 4.40 Å². The third-order valence-corrected chi connectivity index (χ3v) is 8.42. The van der Waals surface area contributed by atoms with Crippen molar-refractivity contribution in [2.45, 2.75) is 12.8 Å². The predicted octanol–water partition coefficient (Wildman–Crippen LogP) is 8.54. The van der Waals surface area contributed by atoms with Crippen LogP contribution in [0.5, 0.6) is 0 Å². The summed E-state index contributed by atoms with van der Waals surface area (Å²) >= 11 is 0. The van der Waals surface area contributed by atoms with Crippen molar-refractivity contribution >= 4 is 38.0 Å². The topological polar surface area (TPSA) is 4.41 Å². The van der Waals surface area contributed by atoms with E-state index in [-0.39, 0.29) is 0 Å². The lowest BCUT2D eigenvalue weighted by atomic mass is 9.91.